The van der Waals surface area contributed by atoms with Crippen LogP contribution >= 0.6 is 0 Å². The van der Waals surface area contributed by atoms with Gasteiger partial charge < -0.3 is 9.47 Å². The average Bonchev–Trinajstić information content (AvgIpc) is 2.34. The minimum Gasteiger partial charge on any atom is -0.493 e. The maximum atomic E-state index is 11.1. The molecule has 0 unspecified atom stereocenters. The fourth-order valence-corrected chi connectivity index (χ4v) is 1.39. The molecular weight excluding hydrogens is 228 g/mol. The third-order valence-corrected chi connectivity index (χ3v) is 2.34. The van der Waals surface area contributed by atoms with Crippen LogP contribution < -0.4 is 4.74 Å². The number of hydrogen-bond donors (Lipinski definition) is 0. The highest BCUT2D eigenvalue weighted by molar-refractivity contribution is 5.87. The third kappa shape index (κ3) is 4.62. The zero-order chi connectivity index (χ0) is 13.5. The van der Waals surface area contributed by atoms with E-state index in [4.69, 9.17) is 4.74 Å². The molecule has 0 amide bonds. The Labute approximate surface area is 108 Å². The van der Waals surface area contributed by atoms with E-state index in [1.54, 1.807) is 6.08 Å². The molecule has 0 aliphatic carbocycles. The van der Waals surface area contributed by atoms with Crippen LogP contribution in [-0.4, -0.2) is 19.7 Å². The first-order valence-electron chi connectivity index (χ1n) is 6.02. The molecule has 1 rings (SSSR count). The average molecular weight is 248 g/mol. The number of carbonyl (C=O) groups excluding carboxylic acids is 1. The lowest BCUT2D eigenvalue weighted by molar-refractivity contribution is -0.134. The van der Waals surface area contributed by atoms with Gasteiger partial charge >= 0.3 is 5.97 Å². The van der Waals surface area contributed by atoms with Crippen molar-refractivity contribution in [3.05, 3.63) is 35.4 Å². The van der Waals surface area contributed by atoms with Crippen molar-refractivity contribution in [2.24, 2.45) is 5.92 Å². The highest BCUT2D eigenvalue weighted by atomic mass is 16.5. The Bertz CT molecular complexity index is 433. The van der Waals surface area contributed by atoms with Gasteiger partial charge in [-0.25, -0.2) is 4.79 Å². The number of esters is 1. The molecule has 0 radical (unpaired) electrons. The van der Waals surface area contributed by atoms with E-state index in [0.29, 0.717) is 12.5 Å². The molecule has 0 aliphatic rings. The smallest absolute Gasteiger partial charge is 0.330 e. The third-order valence-electron chi connectivity index (χ3n) is 2.34. The second-order valence-corrected chi connectivity index (χ2v) is 4.60. The van der Waals surface area contributed by atoms with Crippen LogP contribution in [0.5, 0.6) is 5.75 Å². The maximum absolute atomic E-state index is 11.1. The lowest BCUT2D eigenvalue weighted by Gasteiger charge is -2.12. The number of methoxy groups -OCH3 is 1. The van der Waals surface area contributed by atoms with Crippen LogP contribution in [-0.2, 0) is 9.53 Å². The zero-order valence-electron chi connectivity index (χ0n) is 11.4. The molecule has 0 N–H and O–H groups in total. The minimum atomic E-state index is -0.370. The summed E-state index contributed by atoms with van der Waals surface area (Å²) in [5.74, 6) is 0.886. The first-order chi connectivity index (χ1) is 8.52. The molecule has 18 heavy (non-hydrogen) atoms. The Morgan fingerprint density at radius 3 is 2.72 bits per heavy atom. The van der Waals surface area contributed by atoms with E-state index in [1.807, 2.05) is 25.1 Å². The molecule has 0 fully saturated rings. The molecule has 3 nitrogen and oxygen atoms in total. The fourth-order valence-electron chi connectivity index (χ4n) is 1.39. The van der Waals surface area contributed by atoms with Crippen LogP contribution in [0, 0.1) is 12.8 Å². The van der Waals surface area contributed by atoms with E-state index in [9.17, 15) is 4.79 Å². The summed E-state index contributed by atoms with van der Waals surface area (Å²) in [5, 5.41) is 0. The van der Waals surface area contributed by atoms with E-state index in [-0.39, 0.29) is 5.97 Å². The second-order valence-electron chi connectivity index (χ2n) is 4.60. The summed E-state index contributed by atoms with van der Waals surface area (Å²) in [5.41, 5.74) is 2.01. The van der Waals surface area contributed by atoms with Crippen LogP contribution in [0.25, 0.3) is 6.08 Å². The van der Waals surface area contributed by atoms with Crippen molar-refractivity contribution in [1.82, 2.24) is 0 Å². The number of rotatable bonds is 5. The van der Waals surface area contributed by atoms with Crippen molar-refractivity contribution < 1.29 is 14.3 Å². The van der Waals surface area contributed by atoms with E-state index < -0.39 is 0 Å². The minimum absolute atomic E-state index is 0.370. The summed E-state index contributed by atoms with van der Waals surface area (Å²) in [6.07, 6.45) is 3.10. The van der Waals surface area contributed by atoms with Gasteiger partial charge in [0.2, 0.25) is 0 Å². The molecule has 0 bridgehead atoms. The van der Waals surface area contributed by atoms with Crippen LogP contribution in [0.1, 0.15) is 25.0 Å². The van der Waals surface area contributed by atoms with Crippen molar-refractivity contribution in [1.29, 1.82) is 0 Å². The highest BCUT2D eigenvalue weighted by Crippen LogP contribution is 2.22. The number of hydrogen-bond acceptors (Lipinski definition) is 3. The largest absolute Gasteiger partial charge is 0.493 e. The van der Waals surface area contributed by atoms with Crippen molar-refractivity contribution in [3.8, 4) is 5.75 Å². The molecule has 0 spiro atoms. The first-order valence-corrected chi connectivity index (χ1v) is 6.02. The first kappa shape index (κ1) is 14.3. The summed E-state index contributed by atoms with van der Waals surface area (Å²) < 4.78 is 10.3. The molecular formula is C15H20O3. The molecule has 0 saturated heterocycles. The molecule has 0 aromatic heterocycles. The molecule has 0 heterocycles. The van der Waals surface area contributed by atoms with E-state index in [2.05, 4.69) is 18.6 Å². The summed E-state index contributed by atoms with van der Waals surface area (Å²) in [6.45, 7) is 6.86. The van der Waals surface area contributed by atoms with Gasteiger partial charge in [0.1, 0.15) is 5.75 Å². The van der Waals surface area contributed by atoms with Crippen LogP contribution in [0.15, 0.2) is 24.3 Å². The summed E-state index contributed by atoms with van der Waals surface area (Å²) in [4.78, 5) is 11.1. The molecule has 0 atom stereocenters. The Balaban J connectivity index is 2.89. The number of benzene rings is 1. The fraction of sp³-hybridized carbons (Fsp3) is 0.400. The lowest BCUT2D eigenvalue weighted by atomic mass is 10.1. The quantitative estimate of drug-likeness (QED) is 0.593. The number of ether oxygens (including phenoxy) is 2. The van der Waals surface area contributed by atoms with Crippen molar-refractivity contribution >= 4 is 12.0 Å². The van der Waals surface area contributed by atoms with Gasteiger partial charge in [0.05, 0.1) is 13.7 Å². The van der Waals surface area contributed by atoms with Gasteiger partial charge in [-0.2, -0.15) is 0 Å². The van der Waals surface area contributed by atoms with E-state index in [1.165, 1.54) is 13.2 Å². The van der Waals surface area contributed by atoms with Crippen molar-refractivity contribution in [2.75, 3.05) is 13.7 Å². The van der Waals surface area contributed by atoms with Crippen LogP contribution in [0.4, 0.5) is 0 Å². The Kier molecular flexibility index (Phi) is 5.43. The standard InChI is InChI=1S/C15H20O3/c1-11(2)10-18-14-9-12(3)5-6-13(14)7-8-15(16)17-4/h5-9,11H,10H2,1-4H3. The van der Waals surface area contributed by atoms with Crippen LogP contribution in [0.2, 0.25) is 0 Å². The number of carbonyl (C=O) groups is 1. The van der Waals surface area contributed by atoms with Gasteiger partial charge in [0, 0.05) is 11.6 Å². The Morgan fingerprint density at radius 2 is 2.11 bits per heavy atom. The van der Waals surface area contributed by atoms with Gasteiger partial charge in [-0.05, 0) is 30.5 Å². The summed E-state index contributed by atoms with van der Waals surface area (Å²) in [6, 6.07) is 5.89. The van der Waals surface area contributed by atoms with Gasteiger partial charge in [0.25, 0.3) is 0 Å². The predicted molar refractivity (Wildman–Crippen MR) is 72.6 cm³/mol. The molecule has 1 aromatic carbocycles. The second kappa shape index (κ2) is 6.84. The predicted octanol–water partition coefficient (Wildman–Crippen LogP) is 3.22. The lowest BCUT2D eigenvalue weighted by Crippen LogP contribution is -2.05. The Morgan fingerprint density at radius 1 is 1.39 bits per heavy atom. The highest BCUT2D eigenvalue weighted by Gasteiger charge is 2.04. The topological polar surface area (TPSA) is 35.5 Å². The van der Waals surface area contributed by atoms with Crippen molar-refractivity contribution in [3.63, 3.8) is 0 Å². The van der Waals surface area contributed by atoms with Gasteiger partial charge in [-0.1, -0.05) is 26.0 Å². The summed E-state index contributed by atoms with van der Waals surface area (Å²) >= 11 is 0. The van der Waals surface area contributed by atoms with E-state index >= 15 is 0 Å². The maximum Gasteiger partial charge on any atom is 0.330 e. The molecule has 1 aromatic rings. The van der Waals surface area contributed by atoms with Crippen molar-refractivity contribution in [2.45, 2.75) is 20.8 Å². The SMILES string of the molecule is COC(=O)C=Cc1ccc(C)cc1OCC(C)C. The number of aryl methyl sites for hydroxylation is 1. The molecule has 0 aliphatic heterocycles. The van der Waals surface area contributed by atoms with Crippen LogP contribution in [0.3, 0.4) is 0 Å². The van der Waals surface area contributed by atoms with Gasteiger partial charge in [0.15, 0.2) is 0 Å². The van der Waals surface area contributed by atoms with Gasteiger partial charge in [-0.3, -0.25) is 0 Å². The zero-order valence-corrected chi connectivity index (χ0v) is 11.4. The normalized spacial score (nSPS) is 10.9. The van der Waals surface area contributed by atoms with Gasteiger partial charge in [-0.15, -0.1) is 0 Å². The monoisotopic (exact) mass is 248 g/mol. The molecule has 0 saturated carbocycles. The van der Waals surface area contributed by atoms with E-state index in [0.717, 1.165) is 16.9 Å². The summed E-state index contributed by atoms with van der Waals surface area (Å²) in [7, 11) is 1.36. The molecule has 3 heteroatoms. The molecule has 98 valence electrons. The Hall–Kier alpha value is -1.77.